The van der Waals surface area contributed by atoms with Gasteiger partial charge in [0.2, 0.25) is 0 Å². The Labute approximate surface area is 109 Å². The lowest BCUT2D eigenvalue weighted by Gasteiger charge is -2.11. The first-order valence-electron chi connectivity index (χ1n) is 5.12. The zero-order chi connectivity index (χ0) is 13.1. The number of halogens is 2. The van der Waals surface area contributed by atoms with E-state index in [0.29, 0.717) is 22.6 Å². The number of nitrogens with zero attached hydrogens (tertiary/aromatic N) is 1. The number of benzene rings is 2. The molecule has 0 aromatic heterocycles. The van der Waals surface area contributed by atoms with Crippen LogP contribution in [0.5, 0.6) is 0 Å². The summed E-state index contributed by atoms with van der Waals surface area (Å²) in [6.07, 6.45) is 0. The SMILES string of the molecule is N#Cc1ccc(N)c(Nc2ccc(F)cc2Cl)c1. The smallest absolute Gasteiger partial charge is 0.124 e. The Morgan fingerprint density at radius 1 is 1.17 bits per heavy atom. The number of nitrogen functional groups attached to an aromatic ring is 1. The highest BCUT2D eigenvalue weighted by atomic mass is 35.5. The minimum atomic E-state index is -0.413. The van der Waals surface area contributed by atoms with Crippen molar-refractivity contribution in [1.82, 2.24) is 0 Å². The van der Waals surface area contributed by atoms with Crippen LogP contribution in [0.3, 0.4) is 0 Å². The zero-order valence-corrected chi connectivity index (χ0v) is 10.0. The van der Waals surface area contributed by atoms with Gasteiger partial charge in [-0.15, -0.1) is 0 Å². The highest BCUT2D eigenvalue weighted by Crippen LogP contribution is 2.29. The largest absolute Gasteiger partial charge is 0.397 e. The number of anilines is 3. The second-order valence-electron chi connectivity index (χ2n) is 3.66. The number of nitriles is 1. The molecule has 90 valence electrons. The summed E-state index contributed by atoms with van der Waals surface area (Å²) in [7, 11) is 0. The molecule has 3 nitrogen and oxygen atoms in total. The van der Waals surface area contributed by atoms with Crippen molar-refractivity contribution in [1.29, 1.82) is 5.26 Å². The van der Waals surface area contributed by atoms with Crippen LogP contribution in [-0.2, 0) is 0 Å². The van der Waals surface area contributed by atoms with Gasteiger partial charge in [0.1, 0.15) is 5.82 Å². The van der Waals surface area contributed by atoms with E-state index in [2.05, 4.69) is 5.32 Å². The van der Waals surface area contributed by atoms with Crippen molar-refractivity contribution in [2.45, 2.75) is 0 Å². The molecule has 0 amide bonds. The van der Waals surface area contributed by atoms with Crippen LogP contribution in [0, 0.1) is 17.1 Å². The summed E-state index contributed by atoms with van der Waals surface area (Å²) in [5.74, 6) is -0.413. The van der Waals surface area contributed by atoms with E-state index < -0.39 is 5.82 Å². The molecule has 0 atom stereocenters. The van der Waals surface area contributed by atoms with Crippen LogP contribution in [-0.4, -0.2) is 0 Å². The molecule has 2 rings (SSSR count). The minimum absolute atomic E-state index is 0.247. The predicted octanol–water partition coefficient (Wildman–Crippen LogP) is 3.68. The summed E-state index contributed by atoms with van der Waals surface area (Å²) in [5.41, 5.74) is 7.83. The maximum atomic E-state index is 12.9. The van der Waals surface area contributed by atoms with Gasteiger partial charge in [0.05, 0.1) is 33.7 Å². The first-order chi connectivity index (χ1) is 8.60. The number of nitrogens with two attached hydrogens (primary N) is 1. The summed E-state index contributed by atoms with van der Waals surface area (Å²) in [5, 5.41) is 12.0. The number of rotatable bonds is 2. The Morgan fingerprint density at radius 2 is 1.94 bits per heavy atom. The molecule has 0 aliphatic heterocycles. The third-order valence-electron chi connectivity index (χ3n) is 2.38. The van der Waals surface area contributed by atoms with E-state index in [-0.39, 0.29) is 5.02 Å². The first-order valence-corrected chi connectivity index (χ1v) is 5.49. The average molecular weight is 262 g/mol. The van der Waals surface area contributed by atoms with Gasteiger partial charge in [0, 0.05) is 0 Å². The molecule has 0 bridgehead atoms. The Kier molecular flexibility index (Phi) is 3.35. The molecule has 5 heteroatoms. The molecule has 3 N–H and O–H groups in total. The molecular formula is C13H9ClFN3. The lowest BCUT2D eigenvalue weighted by molar-refractivity contribution is 0.628. The van der Waals surface area contributed by atoms with Gasteiger partial charge in [-0.1, -0.05) is 11.6 Å². The second-order valence-corrected chi connectivity index (χ2v) is 4.07. The summed E-state index contributed by atoms with van der Waals surface area (Å²) >= 11 is 5.90. The highest BCUT2D eigenvalue weighted by molar-refractivity contribution is 6.33. The van der Waals surface area contributed by atoms with Crippen LogP contribution in [0.2, 0.25) is 5.02 Å². The molecule has 0 radical (unpaired) electrons. The molecule has 0 aliphatic rings. The van der Waals surface area contributed by atoms with E-state index in [9.17, 15) is 4.39 Å². The van der Waals surface area contributed by atoms with Crippen molar-refractivity contribution >= 4 is 28.7 Å². The Morgan fingerprint density at radius 3 is 2.61 bits per heavy atom. The topological polar surface area (TPSA) is 61.8 Å². The Balaban J connectivity index is 2.37. The molecule has 0 unspecified atom stereocenters. The molecular weight excluding hydrogens is 253 g/mol. The van der Waals surface area contributed by atoms with E-state index in [4.69, 9.17) is 22.6 Å². The number of hydrogen-bond acceptors (Lipinski definition) is 3. The molecule has 0 heterocycles. The lowest BCUT2D eigenvalue weighted by atomic mass is 10.2. The number of nitrogens with one attached hydrogen (secondary N) is 1. The van der Waals surface area contributed by atoms with E-state index in [1.165, 1.54) is 18.2 Å². The molecule has 0 spiro atoms. The highest BCUT2D eigenvalue weighted by Gasteiger charge is 2.05. The number of hydrogen-bond donors (Lipinski definition) is 2. The monoisotopic (exact) mass is 261 g/mol. The summed E-state index contributed by atoms with van der Waals surface area (Å²) in [6.45, 7) is 0. The molecule has 18 heavy (non-hydrogen) atoms. The maximum absolute atomic E-state index is 12.9. The zero-order valence-electron chi connectivity index (χ0n) is 9.24. The van der Waals surface area contributed by atoms with Gasteiger partial charge in [-0.05, 0) is 36.4 Å². The molecule has 0 saturated carbocycles. The fourth-order valence-electron chi connectivity index (χ4n) is 1.47. The van der Waals surface area contributed by atoms with Gasteiger partial charge < -0.3 is 11.1 Å². The lowest BCUT2D eigenvalue weighted by Crippen LogP contribution is -1.97. The van der Waals surface area contributed by atoms with Crippen LogP contribution in [0.25, 0.3) is 0 Å². The summed E-state index contributed by atoms with van der Waals surface area (Å²) < 4.78 is 12.9. The fourth-order valence-corrected chi connectivity index (χ4v) is 1.68. The average Bonchev–Trinajstić information content (AvgIpc) is 2.35. The molecule has 2 aromatic carbocycles. The van der Waals surface area contributed by atoms with Gasteiger partial charge in [-0.25, -0.2) is 4.39 Å². The van der Waals surface area contributed by atoms with Crippen molar-refractivity contribution in [3.8, 4) is 6.07 Å². The summed E-state index contributed by atoms with van der Waals surface area (Å²) in [6, 6.07) is 10.9. The Hall–Kier alpha value is -2.25. The fraction of sp³-hybridized carbons (Fsp3) is 0. The van der Waals surface area contributed by atoms with E-state index >= 15 is 0 Å². The Bertz CT molecular complexity index is 635. The van der Waals surface area contributed by atoms with Crippen molar-refractivity contribution in [2.75, 3.05) is 11.1 Å². The van der Waals surface area contributed by atoms with Crippen LogP contribution in [0.4, 0.5) is 21.5 Å². The molecule has 0 aliphatic carbocycles. The third-order valence-corrected chi connectivity index (χ3v) is 2.70. The van der Waals surface area contributed by atoms with Crippen molar-refractivity contribution in [3.05, 3.63) is 52.8 Å². The minimum Gasteiger partial charge on any atom is -0.397 e. The maximum Gasteiger partial charge on any atom is 0.124 e. The van der Waals surface area contributed by atoms with E-state index in [0.717, 1.165) is 0 Å². The van der Waals surface area contributed by atoms with Crippen molar-refractivity contribution in [3.63, 3.8) is 0 Å². The van der Waals surface area contributed by atoms with Gasteiger partial charge in [-0.2, -0.15) is 5.26 Å². The van der Waals surface area contributed by atoms with E-state index in [1.54, 1.807) is 18.2 Å². The predicted molar refractivity (Wildman–Crippen MR) is 70.3 cm³/mol. The van der Waals surface area contributed by atoms with Gasteiger partial charge in [-0.3, -0.25) is 0 Å². The van der Waals surface area contributed by atoms with Gasteiger partial charge in [0.25, 0.3) is 0 Å². The van der Waals surface area contributed by atoms with E-state index in [1.807, 2.05) is 6.07 Å². The van der Waals surface area contributed by atoms with Gasteiger partial charge >= 0.3 is 0 Å². The third kappa shape index (κ3) is 2.53. The normalized spacial score (nSPS) is 9.83. The second kappa shape index (κ2) is 4.94. The standard InChI is InChI=1S/C13H9ClFN3/c14-10-6-9(15)2-4-12(10)18-13-5-8(7-16)1-3-11(13)17/h1-6,18H,17H2. The van der Waals surface area contributed by atoms with Crippen LogP contribution >= 0.6 is 11.6 Å². The van der Waals surface area contributed by atoms with Crippen LogP contribution < -0.4 is 11.1 Å². The quantitative estimate of drug-likeness (QED) is 0.811. The van der Waals surface area contributed by atoms with Gasteiger partial charge in [0.15, 0.2) is 0 Å². The molecule has 2 aromatic rings. The van der Waals surface area contributed by atoms with Crippen LogP contribution in [0.1, 0.15) is 5.56 Å². The summed E-state index contributed by atoms with van der Waals surface area (Å²) in [4.78, 5) is 0. The van der Waals surface area contributed by atoms with Crippen LogP contribution in [0.15, 0.2) is 36.4 Å². The van der Waals surface area contributed by atoms with Crippen molar-refractivity contribution in [2.24, 2.45) is 0 Å². The first kappa shape index (κ1) is 12.2. The molecule has 0 fully saturated rings. The van der Waals surface area contributed by atoms with Crippen molar-refractivity contribution < 1.29 is 4.39 Å². The molecule has 0 saturated heterocycles.